The molecule has 0 saturated heterocycles. The Balaban J connectivity index is 1.55. The van der Waals surface area contributed by atoms with E-state index < -0.39 is 7.92 Å². The van der Waals surface area contributed by atoms with Gasteiger partial charge in [-0.25, -0.2) is 0 Å². The van der Waals surface area contributed by atoms with E-state index in [1.807, 2.05) is 0 Å². The summed E-state index contributed by atoms with van der Waals surface area (Å²) in [5.74, 6) is 0. The van der Waals surface area contributed by atoms with Gasteiger partial charge in [-0.2, -0.15) is 0 Å². The second-order valence-corrected chi connectivity index (χ2v) is 12.6. The summed E-state index contributed by atoms with van der Waals surface area (Å²) in [6.07, 6.45) is 0. The summed E-state index contributed by atoms with van der Waals surface area (Å²) < 4.78 is 0. The van der Waals surface area contributed by atoms with Crippen LogP contribution in [0.25, 0.3) is 0 Å². The van der Waals surface area contributed by atoms with Gasteiger partial charge in [0, 0.05) is 33.4 Å². The lowest BCUT2D eigenvalue weighted by Gasteiger charge is -2.32. The van der Waals surface area contributed by atoms with Gasteiger partial charge in [-0.1, -0.05) is 97.1 Å². The number of nitrogens with zero attached hydrogens (tertiary/aromatic N) is 2. The molecule has 6 rings (SSSR count). The fourth-order valence-electron chi connectivity index (χ4n) is 5.48. The number of rotatable bonds is 8. The Hall–Kier alpha value is -4.65. The molecule has 0 fully saturated rings. The Morgan fingerprint density at radius 2 is 0.667 bits per heavy atom. The summed E-state index contributed by atoms with van der Waals surface area (Å²) >= 11 is 0. The molecule has 206 valence electrons. The van der Waals surface area contributed by atoms with Crippen LogP contribution in [0.3, 0.4) is 0 Å². The Labute approximate surface area is 251 Å². The van der Waals surface area contributed by atoms with Crippen LogP contribution in [0, 0.1) is 13.8 Å². The predicted molar refractivity (Wildman–Crippen MR) is 184 cm³/mol. The second-order valence-electron chi connectivity index (χ2n) is 10.6. The zero-order valence-electron chi connectivity index (χ0n) is 24.4. The van der Waals surface area contributed by atoms with Gasteiger partial charge in [-0.05, 0) is 100 Å². The first-order valence-corrected chi connectivity index (χ1v) is 16.1. The average molecular weight is 563 g/mol. The van der Waals surface area contributed by atoms with Crippen molar-refractivity contribution in [2.75, 3.05) is 16.5 Å². The summed E-state index contributed by atoms with van der Waals surface area (Å²) in [6.45, 7) is 6.77. The van der Waals surface area contributed by atoms with Gasteiger partial charge in [0.25, 0.3) is 0 Å². The van der Waals surface area contributed by atoms with Gasteiger partial charge in [0.05, 0.1) is 11.4 Å². The van der Waals surface area contributed by atoms with Crippen molar-refractivity contribution in [1.29, 1.82) is 0 Å². The van der Waals surface area contributed by atoms with Gasteiger partial charge < -0.3 is 9.80 Å². The van der Waals surface area contributed by atoms with E-state index in [9.17, 15) is 0 Å². The molecule has 0 amide bonds. The molecule has 0 unspecified atom stereocenters. The molecule has 3 heteroatoms. The van der Waals surface area contributed by atoms with Crippen LogP contribution in [-0.2, 0) is 0 Å². The van der Waals surface area contributed by atoms with E-state index >= 15 is 0 Å². The van der Waals surface area contributed by atoms with Crippen LogP contribution in [0.1, 0.15) is 11.1 Å². The average Bonchev–Trinajstić information content (AvgIpc) is 3.03. The molecular weight excluding hydrogens is 527 g/mol. The van der Waals surface area contributed by atoms with Crippen LogP contribution in [0.5, 0.6) is 0 Å². The number of hydrogen-bond acceptors (Lipinski definition) is 2. The first-order valence-electron chi connectivity index (χ1n) is 14.4. The third-order valence-corrected chi connectivity index (χ3v) is 9.73. The fourth-order valence-corrected chi connectivity index (χ4v) is 7.36. The molecule has 0 aliphatic heterocycles. The molecule has 0 aliphatic rings. The van der Waals surface area contributed by atoms with Crippen LogP contribution in [-0.4, -0.2) is 6.66 Å². The van der Waals surface area contributed by atoms with Crippen molar-refractivity contribution in [3.05, 3.63) is 169 Å². The maximum Gasteiger partial charge on any atom is 0.0544 e. The van der Waals surface area contributed by atoms with Crippen molar-refractivity contribution in [2.45, 2.75) is 13.8 Å². The lowest BCUT2D eigenvalue weighted by atomic mass is 10.1. The third kappa shape index (κ3) is 5.73. The standard InChI is InChI=1S/C39H35N2P/c1-30-24-26-38(36(28-30)40(32-16-8-4-9-17-32)33-18-10-5-11-19-33)42(3)39-27-25-31(2)29-37(39)41(34-20-12-6-13-21-34)35-22-14-7-15-23-35/h4-29H,1-3H3. The van der Waals surface area contributed by atoms with Crippen LogP contribution in [0.4, 0.5) is 34.1 Å². The van der Waals surface area contributed by atoms with Crippen LogP contribution in [0.15, 0.2) is 158 Å². The number of anilines is 6. The van der Waals surface area contributed by atoms with Crippen LogP contribution in [0.2, 0.25) is 0 Å². The normalized spacial score (nSPS) is 11.0. The fraction of sp³-hybridized carbons (Fsp3) is 0.0769. The molecule has 0 heterocycles. The highest BCUT2D eigenvalue weighted by molar-refractivity contribution is 7.73. The predicted octanol–water partition coefficient (Wildman–Crippen LogP) is 10.3. The molecule has 0 bridgehead atoms. The molecule has 0 spiro atoms. The van der Waals surface area contributed by atoms with Gasteiger partial charge >= 0.3 is 0 Å². The number of hydrogen-bond donors (Lipinski definition) is 0. The summed E-state index contributed by atoms with van der Waals surface area (Å²) in [5.41, 5.74) is 9.53. The highest BCUT2D eigenvalue weighted by Gasteiger charge is 2.24. The van der Waals surface area contributed by atoms with Gasteiger partial charge in [0.15, 0.2) is 0 Å². The molecule has 0 atom stereocenters. The summed E-state index contributed by atoms with van der Waals surface area (Å²) in [4.78, 5) is 4.81. The molecule has 6 aromatic carbocycles. The van der Waals surface area contributed by atoms with Crippen molar-refractivity contribution in [3.63, 3.8) is 0 Å². The summed E-state index contributed by atoms with van der Waals surface area (Å²) in [7, 11) is -0.747. The van der Waals surface area contributed by atoms with Gasteiger partial charge in [0.1, 0.15) is 0 Å². The number of para-hydroxylation sites is 4. The lowest BCUT2D eigenvalue weighted by Crippen LogP contribution is -2.24. The van der Waals surface area contributed by atoms with E-state index in [1.54, 1.807) is 0 Å². The zero-order valence-corrected chi connectivity index (χ0v) is 25.2. The Morgan fingerprint density at radius 3 is 0.952 bits per heavy atom. The molecular formula is C39H35N2P. The van der Waals surface area contributed by atoms with E-state index in [0.29, 0.717) is 0 Å². The van der Waals surface area contributed by atoms with Crippen LogP contribution >= 0.6 is 7.92 Å². The van der Waals surface area contributed by atoms with Gasteiger partial charge in [0.2, 0.25) is 0 Å². The van der Waals surface area contributed by atoms with E-state index in [-0.39, 0.29) is 0 Å². The first kappa shape index (κ1) is 27.5. The molecule has 42 heavy (non-hydrogen) atoms. The quantitative estimate of drug-likeness (QED) is 0.170. The van der Waals surface area contributed by atoms with Crippen LogP contribution < -0.4 is 20.4 Å². The minimum atomic E-state index is -0.747. The Kier molecular flexibility index (Phi) is 8.17. The van der Waals surface area contributed by atoms with Crippen molar-refractivity contribution >= 4 is 52.7 Å². The maximum absolute atomic E-state index is 2.40. The molecule has 0 saturated carbocycles. The van der Waals surface area contributed by atoms with Crippen molar-refractivity contribution in [3.8, 4) is 0 Å². The Morgan fingerprint density at radius 1 is 0.381 bits per heavy atom. The second kappa shape index (κ2) is 12.5. The Bertz CT molecular complexity index is 1540. The molecule has 0 radical (unpaired) electrons. The van der Waals surface area contributed by atoms with E-state index in [0.717, 1.165) is 22.7 Å². The van der Waals surface area contributed by atoms with E-state index in [2.05, 4.69) is 188 Å². The zero-order chi connectivity index (χ0) is 28.9. The molecule has 0 N–H and O–H groups in total. The molecule has 2 nitrogen and oxygen atoms in total. The number of benzene rings is 6. The highest BCUT2D eigenvalue weighted by atomic mass is 31.1. The van der Waals surface area contributed by atoms with E-state index in [1.165, 1.54) is 33.1 Å². The van der Waals surface area contributed by atoms with Gasteiger partial charge in [-0.15, -0.1) is 0 Å². The minimum absolute atomic E-state index is 0.747. The minimum Gasteiger partial charge on any atom is -0.310 e. The van der Waals surface area contributed by atoms with E-state index in [4.69, 9.17) is 0 Å². The third-order valence-electron chi connectivity index (χ3n) is 7.52. The maximum atomic E-state index is 2.40. The van der Waals surface area contributed by atoms with Crippen molar-refractivity contribution < 1.29 is 0 Å². The molecule has 6 aromatic rings. The SMILES string of the molecule is Cc1ccc(P(C)c2ccc(C)cc2N(c2ccccc2)c2ccccc2)c(N(c2ccccc2)c2ccccc2)c1. The smallest absolute Gasteiger partial charge is 0.0544 e. The summed E-state index contributed by atoms with van der Waals surface area (Å²) in [6, 6.07) is 56.7. The molecule has 0 aromatic heterocycles. The molecule has 0 aliphatic carbocycles. The van der Waals surface area contributed by atoms with Crippen molar-refractivity contribution in [2.24, 2.45) is 0 Å². The lowest BCUT2D eigenvalue weighted by molar-refractivity contribution is 1.28. The monoisotopic (exact) mass is 562 g/mol. The van der Waals surface area contributed by atoms with Gasteiger partial charge in [-0.3, -0.25) is 0 Å². The largest absolute Gasteiger partial charge is 0.310 e. The number of aryl methyl sites for hydroxylation is 2. The highest BCUT2D eigenvalue weighted by Crippen LogP contribution is 2.44. The topological polar surface area (TPSA) is 6.48 Å². The van der Waals surface area contributed by atoms with Crippen molar-refractivity contribution in [1.82, 2.24) is 0 Å². The summed E-state index contributed by atoms with van der Waals surface area (Å²) in [5, 5.41) is 2.68. The first-order chi connectivity index (χ1) is 20.6.